The summed E-state index contributed by atoms with van der Waals surface area (Å²) in [5.74, 6) is -0.943. The molecule has 0 aliphatic rings. The normalized spacial score (nSPS) is 11.2. The van der Waals surface area contributed by atoms with Crippen molar-refractivity contribution >= 4 is 33.3 Å². The van der Waals surface area contributed by atoms with Crippen molar-refractivity contribution in [1.82, 2.24) is 0 Å². The van der Waals surface area contributed by atoms with Gasteiger partial charge in [0, 0.05) is 5.69 Å². The van der Waals surface area contributed by atoms with Crippen molar-refractivity contribution in [2.45, 2.75) is 26.9 Å². The van der Waals surface area contributed by atoms with Crippen LogP contribution in [0.25, 0.3) is 0 Å². The number of nitrogens with zero attached hydrogens (tertiary/aromatic N) is 1. The highest BCUT2D eigenvalue weighted by molar-refractivity contribution is 7.92. The van der Waals surface area contributed by atoms with Crippen molar-refractivity contribution in [3.63, 3.8) is 0 Å². The van der Waals surface area contributed by atoms with Crippen molar-refractivity contribution in [3.8, 4) is 0 Å². The van der Waals surface area contributed by atoms with Crippen molar-refractivity contribution in [2.75, 3.05) is 22.4 Å². The van der Waals surface area contributed by atoms with Crippen molar-refractivity contribution < 1.29 is 22.7 Å². The molecule has 0 aliphatic carbocycles. The molecule has 2 aromatic carbocycles. The Morgan fingerprint density at radius 3 is 2.21 bits per heavy atom. The summed E-state index contributed by atoms with van der Waals surface area (Å²) in [7, 11) is -3.65. The molecule has 8 heteroatoms. The van der Waals surface area contributed by atoms with Crippen LogP contribution in [0.4, 0.5) is 11.4 Å². The molecule has 150 valence electrons. The number of hydrogen-bond acceptors (Lipinski definition) is 5. The molecule has 0 heterocycles. The molecule has 0 unspecified atom stereocenters. The average molecular weight is 404 g/mol. The van der Waals surface area contributed by atoms with Gasteiger partial charge in [-0.25, -0.2) is 13.2 Å². The first-order valence-electron chi connectivity index (χ1n) is 8.72. The molecule has 0 aliphatic heterocycles. The molecule has 0 atom stereocenters. The first-order valence-corrected chi connectivity index (χ1v) is 10.6. The lowest BCUT2D eigenvalue weighted by Gasteiger charge is -2.23. The Balaban J connectivity index is 2.11. The molecule has 0 aromatic heterocycles. The van der Waals surface area contributed by atoms with Gasteiger partial charge < -0.3 is 10.1 Å². The maximum Gasteiger partial charge on any atom is 0.338 e. The number of aryl methyl sites for hydroxylation is 1. The summed E-state index contributed by atoms with van der Waals surface area (Å²) in [5.41, 5.74) is 2.01. The molecule has 1 amide bonds. The summed E-state index contributed by atoms with van der Waals surface area (Å²) in [6.07, 6.45) is 0.831. The van der Waals surface area contributed by atoms with E-state index >= 15 is 0 Å². The number of esters is 1. The van der Waals surface area contributed by atoms with Crippen LogP contribution in [-0.4, -0.2) is 39.2 Å². The average Bonchev–Trinajstić information content (AvgIpc) is 2.59. The number of rotatable bonds is 7. The largest absolute Gasteiger partial charge is 0.459 e. The van der Waals surface area contributed by atoms with Gasteiger partial charge in [-0.15, -0.1) is 0 Å². The van der Waals surface area contributed by atoms with E-state index in [0.717, 1.165) is 16.1 Å². The smallest absolute Gasteiger partial charge is 0.338 e. The third-order valence-corrected chi connectivity index (χ3v) is 4.95. The predicted octanol–water partition coefficient (Wildman–Crippen LogP) is 2.96. The molecule has 1 N–H and O–H groups in total. The molecule has 0 saturated carbocycles. The van der Waals surface area contributed by atoms with Gasteiger partial charge in [0.2, 0.25) is 15.9 Å². The Kier molecular flexibility index (Phi) is 6.80. The van der Waals surface area contributed by atoms with E-state index in [2.05, 4.69) is 5.32 Å². The molecule has 0 fully saturated rings. The van der Waals surface area contributed by atoms with E-state index in [1.165, 1.54) is 12.1 Å². The molecule has 7 nitrogen and oxygen atoms in total. The fourth-order valence-corrected chi connectivity index (χ4v) is 3.44. The molecule has 2 rings (SSSR count). The van der Waals surface area contributed by atoms with E-state index in [4.69, 9.17) is 4.74 Å². The van der Waals surface area contributed by atoms with Crippen LogP contribution in [0.2, 0.25) is 0 Å². The van der Waals surface area contributed by atoms with E-state index in [9.17, 15) is 18.0 Å². The maximum absolute atomic E-state index is 12.4. The Labute approximate surface area is 165 Å². The third-order valence-electron chi connectivity index (χ3n) is 3.82. The Hall–Kier alpha value is -2.87. The number of sulfonamides is 1. The zero-order chi connectivity index (χ0) is 20.9. The van der Waals surface area contributed by atoms with Crippen molar-refractivity contribution in [3.05, 3.63) is 59.7 Å². The van der Waals surface area contributed by atoms with E-state index in [0.29, 0.717) is 16.9 Å². The van der Waals surface area contributed by atoms with E-state index in [-0.39, 0.29) is 12.6 Å². The minimum absolute atomic E-state index is 0.227. The number of ether oxygens (including phenoxy) is 1. The van der Waals surface area contributed by atoms with Gasteiger partial charge in [-0.2, -0.15) is 0 Å². The maximum atomic E-state index is 12.4. The second-order valence-corrected chi connectivity index (χ2v) is 8.54. The molecule has 0 saturated heterocycles. The summed E-state index contributed by atoms with van der Waals surface area (Å²) < 4.78 is 30.5. The number of anilines is 2. The number of benzene rings is 2. The van der Waals surface area contributed by atoms with Crippen LogP contribution in [0.15, 0.2) is 48.5 Å². The number of amides is 1. The molecular weight excluding hydrogens is 380 g/mol. The number of hydrogen-bond donors (Lipinski definition) is 1. The van der Waals surface area contributed by atoms with Gasteiger partial charge in [-0.3, -0.25) is 9.10 Å². The minimum atomic E-state index is -3.65. The van der Waals surface area contributed by atoms with Crippen LogP contribution in [0.3, 0.4) is 0 Å². The number of para-hydroxylation sites is 1. The first kappa shape index (κ1) is 21.4. The SMILES string of the molecule is Cc1ccccc1N(CC(=O)Nc1ccc(C(=O)OC(C)C)cc1)S(C)(=O)=O. The lowest BCUT2D eigenvalue weighted by Crippen LogP contribution is -2.37. The van der Waals surface area contributed by atoms with Gasteiger partial charge >= 0.3 is 5.97 Å². The topological polar surface area (TPSA) is 92.8 Å². The molecule has 0 spiro atoms. The first-order chi connectivity index (χ1) is 13.1. The Bertz CT molecular complexity index is 953. The highest BCUT2D eigenvalue weighted by atomic mass is 32.2. The summed E-state index contributed by atoms with van der Waals surface area (Å²) in [6.45, 7) is 4.93. The van der Waals surface area contributed by atoms with Crippen LogP contribution in [-0.2, 0) is 19.6 Å². The summed E-state index contributed by atoms with van der Waals surface area (Å²) in [4.78, 5) is 24.3. The lowest BCUT2D eigenvalue weighted by atomic mass is 10.2. The molecule has 0 bridgehead atoms. The molecule has 28 heavy (non-hydrogen) atoms. The zero-order valence-corrected chi connectivity index (χ0v) is 17.1. The minimum Gasteiger partial charge on any atom is -0.459 e. The highest BCUT2D eigenvalue weighted by Crippen LogP contribution is 2.22. The van der Waals surface area contributed by atoms with Gasteiger partial charge in [-0.05, 0) is 56.7 Å². The van der Waals surface area contributed by atoms with Crippen LogP contribution in [0, 0.1) is 6.92 Å². The highest BCUT2D eigenvalue weighted by Gasteiger charge is 2.22. The van der Waals surface area contributed by atoms with Gasteiger partial charge in [0.1, 0.15) is 6.54 Å². The predicted molar refractivity (Wildman–Crippen MR) is 109 cm³/mol. The van der Waals surface area contributed by atoms with Crippen molar-refractivity contribution in [2.24, 2.45) is 0 Å². The van der Waals surface area contributed by atoms with Gasteiger partial charge in [0.15, 0.2) is 0 Å². The van der Waals surface area contributed by atoms with Crippen LogP contribution < -0.4 is 9.62 Å². The number of carbonyl (C=O) groups is 2. The number of nitrogens with one attached hydrogen (secondary N) is 1. The number of carbonyl (C=O) groups excluding carboxylic acids is 2. The summed E-state index contributed by atoms with van der Waals surface area (Å²) in [6, 6.07) is 13.1. The molecule has 0 radical (unpaired) electrons. The summed E-state index contributed by atoms with van der Waals surface area (Å²) in [5, 5.41) is 2.64. The molecular formula is C20H24N2O5S. The standard InChI is InChI=1S/C20H24N2O5S/c1-14(2)27-20(24)16-9-11-17(12-10-16)21-19(23)13-22(28(4,25)26)18-8-6-5-7-15(18)3/h5-12,14H,13H2,1-4H3,(H,21,23). The fourth-order valence-electron chi connectivity index (χ4n) is 2.53. The van der Waals surface area contributed by atoms with Crippen LogP contribution in [0.1, 0.15) is 29.8 Å². The molecule has 2 aromatic rings. The second kappa shape index (κ2) is 8.88. The lowest BCUT2D eigenvalue weighted by molar-refractivity contribution is -0.114. The van der Waals surface area contributed by atoms with E-state index in [1.54, 1.807) is 57.2 Å². The van der Waals surface area contributed by atoms with Gasteiger partial charge in [-0.1, -0.05) is 18.2 Å². The van der Waals surface area contributed by atoms with E-state index < -0.39 is 21.9 Å². The Morgan fingerprint density at radius 1 is 1.07 bits per heavy atom. The summed E-state index contributed by atoms with van der Waals surface area (Å²) >= 11 is 0. The van der Waals surface area contributed by atoms with Gasteiger partial charge in [0.25, 0.3) is 0 Å². The second-order valence-electron chi connectivity index (χ2n) is 6.64. The fraction of sp³-hybridized carbons (Fsp3) is 0.300. The van der Waals surface area contributed by atoms with Gasteiger partial charge in [0.05, 0.1) is 23.6 Å². The van der Waals surface area contributed by atoms with Crippen LogP contribution >= 0.6 is 0 Å². The zero-order valence-electron chi connectivity index (χ0n) is 16.3. The van der Waals surface area contributed by atoms with Crippen molar-refractivity contribution in [1.29, 1.82) is 0 Å². The monoisotopic (exact) mass is 404 g/mol. The quantitative estimate of drug-likeness (QED) is 0.716. The van der Waals surface area contributed by atoms with Crippen LogP contribution in [0.5, 0.6) is 0 Å². The third kappa shape index (κ3) is 5.82. The van der Waals surface area contributed by atoms with E-state index in [1.807, 2.05) is 0 Å². The Morgan fingerprint density at radius 2 is 1.68 bits per heavy atom.